The van der Waals surface area contributed by atoms with E-state index >= 15 is 0 Å². The normalized spacial score (nSPS) is 15.0. The topological polar surface area (TPSA) is 50.3 Å². The number of pyridine rings is 1. The molecule has 0 saturated carbocycles. The number of sulfonamides is 1. The van der Waals surface area contributed by atoms with Gasteiger partial charge < -0.3 is 0 Å². The van der Waals surface area contributed by atoms with Crippen molar-refractivity contribution in [1.82, 2.24) is 4.98 Å². The molecule has 0 unspecified atom stereocenters. The average Bonchev–Trinajstić information content (AvgIpc) is 2.54. The number of aryl methyl sites for hydroxylation is 1. The van der Waals surface area contributed by atoms with Crippen LogP contribution in [0.5, 0.6) is 0 Å². The SMILES string of the molecule is O=S(=O)(c1ccccc1C(F)F)N1CCCc2cccnc21. The molecule has 7 heteroatoms. The number of nitrogens with zero attached hydrogens (tertiary/aromatic N) is 2. The maximum atomic E-state index is 13.1. The zero-order valence-electron chi connectivity index (χ0n) is 11.6. The Morgan fingerprint density at radius 1 is 1.14 bits per heavy atom. The molecule has 1 aliphatic heterocycles. The summed E-state index contributed by atoms with van der Waals surface area (Å²) >= 11 is 0. The standard InChI is InChI=1S/C15H14F2N2O2S/c16-14(17)12-7-1-2-8-13(12)22(20,21)19-10-4-6-11-5-3-9-18-15(11)19/h1-3,5,7-9,14H,4,6,10H2. The van der Waals surface area contributed by atoms with E-state index in [1.54, 1.807) is 6.07 Å². The number of benzene rings is 1. The molecule has 0 spiro atoms. The van der Waals surface area contributed by atoms with Gasteiger partial charge in [-0.3, -0.25) is 0 Å². The van der Waals surface area contributed by atoms with E-state index in [0.29, 0.717) is 12.2 Å². The highest BCUT2D eigenvalue weighted by molar-refractivity contribution is 7.92. The Morgan fingerprint density at radius 2 is 1.91 bits per heavy atom. The maximum absolute atomic E-state index is 13.1. The molecule has 0 bridgehead atoms. The summed E-state index contributed by atoms with van der Waals surface area (Å²) in [4.78, 5) is 3.77. The van der Waals surface area contributed by atoms with E-state index in [0.717, 1.165) is 22.4 Å². The molecule has 116 valence electrons. The van der Waals surface area contributed by atoms with E-state index in [9.17, 15) is 17.2 Å². The van der Waals surface area contributed by atoms with E-state index in [-0.39, 0.29) is 11.4 Å². The van der Waals surface area contributed by atoms with Gasteiger partial charge in [-0.25, -0.2) is 26.5 Å². The third-order valence-electron chi connectivity index (χ3n) is 3.63. The van der Waals surface area contributed by atoms with Crippen LogP contribution in [-0.2, 0) is 16.4 Å². The van der Waals surface area contributed by atoms with Gasteiger partial charge >= 0.3 is 0 Å². The number of halogens is 2. The van der Waals surface area contributed by atoms with Crippen LogP contribution in [0, 0.1) is 0 Å². The Hall–Kier alpha value is -2.02. The van der Waals surface area contributed by atoms with Crippen LogP contribution in [0.4, 0.5) is 14.6 Å². The minimum atomic E-state index is -4.06. The lowest BCUT2D eigenvalue weighted by atomic mass is 10.1. The summed E-state index contributed by atoms with van der Waals surface area (Å²) in [6, 6.07) is 8.75. The van der Waals surface area contributed by atoms with Crippen LogP contribution in [0.25, 0.3) is 0 Å². The Morgan fingerprint density at radius 3 is 2.68 bits per heavy atom. The van der Waals surface area contributed by atoms with Crippen LogP contribution in [0.15, 0.2) is 47.5 Å². The van der Waals surface area contributed by atoms with Crippen molar-refractivity contribution in [3.05, 3.63) is 53.7 Å². The minimum Gasteiger partial charge on any atom is -0.250 e. The molecule has 0 aliphatic carbocycles. The third-order valence-corrected chi connectivity index (χ3v) is 5.50. The highest BCUT2D eigenvalue weighted by Crippen LogP contribution is 2.33. The highest BCUT2D eigenvalue weighted by atomic mass is 32.2. The van der Waals surface area contributed by atoms with Gasteiger partial charge in [0.25, 0.3) is 16.4 Å². The second-order valence-corrected chi connectivity index (χ2v) is 6.84. The van der Waals surface area contributed by atoms with E-state index in [1.807, 2.05) is 6.07 Å². The molecule has 1 aromatic heterocycles. The molecule has 22 heavy (non-hydrogen) atoms. The largest absolute Gasteiger partial charge is 0.265 e. The van der Waals surface area contributed by atoms with Crippen molar-refractivity contribution in [2.75, 3.05) is 10.8 Å². The molecule has 3 rings (SSSR count). The van der Waals surface area contributed by atoms with Crippen LogP contribution in [0.3, 0.4) is 0 Å². The summed E-state index contributed by atoms with van der Waals surface area (Å²) in [6.07, 6.45) is 0.0190. The first-order chi connectivity index (χ1) is 10.5. The number of anilines is 1. The minimum absolute atomic E-state index is 0.240. The third kappa shape index (κ3) is 2.45. The predicted molar refractivity (Wildman–Crippen MR) is 78.5 cm³/mol. The van der Waals surface area contributed by atoms with Gasteiger partial charge in [0, 0.05) is 18.3 Å². The summed E-state index contributed by atoms with van der Waals surface area (Å²) in [6.45, 7) is 0.240. The van der Waals surface area contributed by atoms with Crippen molar-refractivity contribution in [3.8, 4) is 0 Å². The number of aromatic nitrogens is 1. The molecule has 0 fully saturated rings. The molecule has 4 nitrogen and oxygen atoms in total. The first kappa shape index (κ1) is 14.9. The summed E-state index contributed by atoms with van der Waals surface area (Å²) in [5, 5.41) is 0. The molecular weight excluding hydrogens is 310 g/mol. The van der Waals surface area contributed by atoms with Gasteiger partial charge in [-0.1, -0.05) is 24.3 Å². The van der Waals surface area contributed by atoms with Crippen LogP contribution >= 0.6 is 0 Å². The van der Waals surface area contributed by atoms with Gasteiger partial charge in [0.2, 0.25) is 0 Å². The van der Waals surface area contributed by atoms with Crippen molar-refractivity contribution < 1.29 is 17.2 Å². The Kier molecular flexibility index (Phi) is 3.82. The van der Waals surface area contributed by atoms with Crippen LogP contribution in [0.1, 0.15) is 24.0 Å². The van der Waals surface area contributed by atoms with E-state index in [1.165, 1.54) is 24.4 Å². The molecule has 1 aromatic carbocycles. The maximum Gasteiger partial charge on any atom is 0.265 e. The van der Waals surface area contributed by atoms with Crippen molar-refractivity contribution in [3.63, 3.8) is 0 Å². The number of alkyl halides is 2. The predicted octanol–water partition coefficient (Wildman–Crippen LogP) is 3.16. The molecule has 2 aromatic rings. The molecule has 0 atom stereocenters. The fourth-order valence-electron chi connectivity index (χ4n) is 2.62. The Labute approximate surface area is 127 Å². The summed E-state index contributed by atoms with van der Waals surface area (Å²) in [7, 11) is -4.06. The smallest absolute Gasteiger partial charge is 0.250 e. The fraction of sp³-hybridized carbons (Fsp3) is 0.267. The van der Waals surface area contributed by atoms with Crippen LogP contribution in [0.2, 0.25) is 0 Å². The van der Waals surface area contributed by atoms with Gasteiger partial charge in [-0.15, -0.1) is 0 Å². The lowest BCUT2D eigenvalue weighted by Crippen LogP contribution is -2.36. The van der Waals surface area contributed by atoms with Gasteiger partial charge in [-0.2, -0.15) is 0 Å². The zero-order chi connectivity index (χ0) is 15.7. The van der Waals surface area contributed by atoms with E-state index in [2.05, 4.69) is 4.98 Å². The van der Waals surface area contributed by atoms with Crippen molar-refractivity contribution in [2.24, 2.45) is 0 Å². The molecule has 0 N–H and O–H groups in total. The van der Waals surface area contributed by atoms with Gasteiger partial charge in [0.15, 0.2) is 0 Å². The number of hydrogen-bond acceptors (Lipinski definition) is 3. The average molecular weight is 324 g/mol. The lowest BCUT2D eigenvalue weighted by molar-refractivity contribution is 0.148. The summed E-state index contributed by atoms with van der Waals surface area (Å²) in [5.41, 5.74) is 0.331. The molecule has 2 heterocycles. The van der Waals surface area contributed by atoms with Crippen molar-refractivity contribution in [1.29, 1.82) is 0 Å². The molecule has 0 saturated heterocycles. The summed E-state index contributed by atoms with van der Waals surface area (Å²) < 4.78 is 53.0. The molecule has 0 radical (unpaired) electrons. The first-order valence-corrected chi connectivity index (χ1v) is 8.29. The molecule has 0 amide bonds. The first-order valence-electron chi connectivity index (χ1n) is 6.85. The van der Waals surface area contributed by atoms with Crippen molar-refractivity contribution in [2.45, 2.75) is 24.2 Å². The number of rotatable bonds is 3. The highest BCUT2D eigenvalue weighted by Gasteiger charge is 2.33. The van der Waals surface area contributed by atoms with Crippen LogP contribution in [-0.4, -0.2) is 19.9 Å². The lowest BCUT2D eigenvalue weighted by Gasteiger charge is -2.29. The quantitative estimate of drug-likeness (QED) is 0.871. The monoisotopic (exact) mass is 324 g/mol. The van der Waals surface area contributed by atoms with Gasteiger partial charge in [0.1, 0.15) is 5.82 Å². The van der Waals surface area contributed by atoms with E-state index in [4.69, 9.17) is 0 Å². The summed E-state index contributed by atoms with van der Waals surface area (Å²) in [5.74, 6) is 0.331. The number of hydrogen-bond donors (Lipinski definition) is 0. The second kappa shape index (κ2) is 5.64. The zero-order valence-corrected chi connectivity index (χ0v) is 12.4. The van der Waals surface area contributed by atoms with E-state index < -0.39 is 22.0 Å². The van der Waals surface area contributed by atoms with Gasteiger partial charge in [-0.05, 0) is 30.5 Å². The Bertz CT molecular complexity index is 794. The Balaban J connectivity index is 2.13. The second-order valence-electron chi connectivity index (χ2n) is 5.01. The van der Waals surface area contributed by atoms with Crippen LogP contribution < -0.4 is 4.31 Å². The molecular formula is C15H14F2N2O2S. The fourth-order valence-corrected chi connectivity index (χ4v) is 4.32. The van der Waals surface area contributed by atoms with Crippen molar-refractivity contribution >= 4 is 15.8 Å². The van der Waals surface area contributed by atoms with Gasteiger partial charge in [0.05, 0.1) is 4.90 Å². The number of fused-ring (bicyclic) bond motifs is 1. The molecule has 1 aliphatic rings.